The van der Waals surface area contributed by atoms with Gasteiger partial charge in [0.05, 0.1) is 0 Å². The molecule has 1 aromatic heterocycles. The Labute approximate surface area is 110 Å². The van der Waals surface area contributed by atoms with Gasteiger partial charge in [0.1, 0.15) is 4.32 Å². The summed E-state index contributed by atoms with van der Waals surface area (Å²) in [6.45, 7) is 2.19. The average Bonchev–Trinajstić information content (AvgIpc) is 2.72. The third-order valence-electron chi connectivity index (χ3n) is 1.85. The van der Waals surface area contributed by atoms with Crippen molar-refractivity contribution >= 4 is 46.0 Å². The van der Waals surface area contributed by atoms with Crippen LogP contribution in [0, 0.1) is 0 Å². The van der Waals surface area contributed by atoms with E-state index >= 15 is 0 Å². The molecule has 0 saturated heterocycles. The van der Waals surface area contributed by atoms with E-state index in [0.717, 1.165) is 15.2 Å². The number of thioether (sulfide) groups is 2. The molecule has 0 saturated carbocycles. The lowest BCUT2D eigenvalue weighted by Gasteiger charge is -2.03. The number of anilines is 1. The molecule has 0 fully saturated rings. The van der Waals surface area contributed by atoms with E-state index in [1.807, 2.05) is 6.26 Å². The topological polar surface area (TPSA) is 53.6 Å². The van der Waals surface area contributed by atoms with Crippen LogP contribution in [-0.4, -0.2) is 31.5 Å². The molecule has 0 radical (unpaired) electrons. The minimum absolute atomic E-state index is 0.623. The van der Waals surface area contributed by atoms with E-state index in [9.17, 15) is 0 Å². The van der Waals surface area contributed by atoms with Crippen molar-refractivity contribution in [2.24, 2.45) is 0 Å². The lowest BCUT2D eigenvalue weighted by Crippen LogP contribution is -2.06. The van der Waals surface area contributed by atoms with E-state index in [0.29, 0.717) is 5.95 Å². The number of hydrogen-bond donors (Lipinski definition) is 2. The number of unbranched alkanes of at least 4 members (excludes halogenated alkanes) is 2. The van der Waals surface area contributed by atoms with Gasteiger partial charge in [-0.2, -0.15) is 4.98 Å². The van der Waals surface area contributed by atoms with Gasteiger partial charge in [0.2, 0.25) is 11.1 Å². The molecule has 0 aromatic carbocycles. The summed E-state index contributed by atoms with van der Waals surface area (Å²) in [6.07, 6.45) is 5.63. The summed E-state index contributed by atoms with van der Waals surface area (Å²) in [6, 6.07) is 0. The smallest absolute Gasteiger partial charge is 0.225 e. The predicted molar refractivity (Wildman–Crippen MR) is 76.4 cm³/mol. The first kappa shape index (κ1) is 13.8. The Balaban J connectivity index is 2.23. The second kappa shape index (κ2) is 7.92. The van der Waals surface area contributed by atoms with Crippen LogP contribution in [0.3, 0.4) is 0 Å². The van der Waals surface area contributed by atoms with Crippen LogP contribution < -0.4 is 5.32 Å². The number of H-pyrrole nitrogens is 1. The highest BCUT2D eigenvalue weighted by Crippen LogP contribution is 2.13. The number of thiocarbonyl (C=S) groups is 1. The predicted octanol–water partition coefficient (Wildman–Crippen LogP) is 3.15. The molecule has 16 heavy (non-hydrogen) atoms. The molecule has 0 unspecified atom stereocenters. The first-order valence-corrected chi connectivity index (χ1v) is 7.78. The summed E-state index contributed by atoms with van der Waals surface area (Å²) >= 11 is 8.34. The average molecular weight is 276 g/mol. The van der Waals surface area contributed by atoms with Crippen molar-refractivity contribution in [3.8, 4) is 0 Å². The van der Waals surface area contributed by atoms with Crippen molar-refractivity contribution in [1.29, 1.82) is 0 Å². The van der Waals surface area contributed by atoms with Gasteiger partial charge in [-0.15, -0.1) is 5.10 Å². The molecule has 2 N–H and O–H groups in total. The van der Waals surface area contributed by atoms with Gasteiger partial charge < -0.3 is 5.32 Å². The second-order valence-electron chi connectivity index (χ2n) is 3.14. The zero-order valence-corrected chi connectivity index (χ0v) is 11.9. The maximum atomic E-state index is 5.19. The third-order valence-corrected chi connectivity index (χ3v) is 3.71. The molecule has 0 spiro atoms. The van der Waals surface area contributed by atoms with Crippen molar-refractivity contribution in [3.63, 3.8) is 0 Å². The molecule has 0 atom stereocenters. The monoisotopic (exact) mass is 276 g/mol. The molecule has 4 nitrogen and oxygen atoms in total. The number of nitrogens with zero attached hydrogens (tertiary/aromatic N) is 2. The lowest BCUT2D eigenvalue weighted by molar-refractivity contribution is 0.779. The van der Waals surface area contributed by atoms with E-state index in [1.165, 1.54) is 31.0 Å². The van der Waals surface area contributed by atoms with Gasteiger partial charge >= 0.3 is 0 Å². The SMILES string of the molecule is CCCCCSC(=S)Nc1nc(SC)n[nH]1. The van der Waals surface area contributed by atoms with E-state index < -0.39 is 0 Å². The van der Waals surface area contributed by atoms with E-state index in [4.69, 9.17) is 12.2 Å². The van der Waals surface area contributed by atoms with Gasteiger partial charge in [-0.1, -0.05) is 55.5 Å². The van der Waals surface area contributed by atoms with E-state index in [-0.39, 0.29) is 0 Å². The fraction of sp³-hybridized carbons (Fsp3) is 0.667. The summed E-state index contributed by atoms with van der Waals surface area (Å²) in [4.78, 5) is 4.20. The second-order valence-corrected chi connectivity index (χ2v) is 5.68. The van der Waals surface area contributed by atoms with Gasteiger partial charge in [-0.05, 0) is 12.7 Å². The molecular weight excluding hydrogens is 260 g/mol. The maximum Gasteiger partial charge on any atom is 0.225 e. The van der Waals surface area contributed by atoms with Gasteiger partial charge in [-0.3, -0.25) is 0 Å². The molecule has 1 rings (SSSR count). The van der Waals surface area contributed by atoms with Crippen LogP contribution >= 0.6 is 35.7 Å². The first-order valence-electron chi connectivity index (χ1n) is 5.16. The van der Waals surface area contributed by atoms with E-state index in [1.54, 1.807) is 11.8 Å². The largest absolute Gasteiger partial charge is 0.310 e. The highest BCUT2D eigenvalue weighted by atomic mass is 32.2. The molecule has 0 bridgehead atoms. The first-order chi connectivity index (χ1) is 7.76. The molecule has 7 heteroatoms. The van der Waals surface area contributed by atoms with Crippen molar-refractivity contribution < 1.29 is 0 Å². The molecule has 1 aromatic rings. The minimum atomic E-state index is 0.623. The lowest BCUT2D eigenvalue weighted by atomic mass is 10.3. The maximum absolute atomic E-state index is 5.19. The number of rotatable bonds is 6. The molecular formula is C9H16N4S3. The van der Waals surface area contributed by atoms with E-state index in [2.05, 4.69) is 27.4 Å². The Kier molecular flexibility index (Phi) is 6.82. The molecule has 0 aliphatic heterocycles. The fourth-order valence-corrected chi connectivity index (χ4v) is 2.41. The summed E-state index contributed by atoms with van der Waals surface area (Å²) in [7, 11) is 0. The van der Waals surface area contributed by atoms with Crippen molar-refractivity contribution in [2.75, 3.05) is 17.3 Å². The summed E-state index contributed by atoms with van der Waals surface area (Å²) in [5.74, 6) is 1.68. The van der Waals surface area contributed by atoms with Gasteiger partial charge in [-0.25, -0.2) is 5.10 Å². The standard InChI is InChI=1S/C9H16N4S3/c1-3-4-5-6-16-9(14)11-7-10-8(15-2)13-12-7/h3-6H2,1-2H3,(H2,10,11,12,13,14). The van der Waals surface area contributed by atoms with Gasteiger partial charge in [0.15, 0.2) is 0 Å². The van der Waals surface area contributed by atoms with Crippen LogP contribution in [0.1, 0.15) is 26.2 Å². The van der Waals surface area contributed by atoms with Crippen LogP contribution in [0.5, 0.6) is 0 Å². The molecule has 0 amide bonds. The fourth-order valence-electron chi connectivity index (χ4n) is 1.04. The van der Waals surface area contributed by atoms with Gasteiger partial charge in [0.25, 0.3) is 0 Å². The van der Waals surface area contributed by atoms with Gasteiger partial charge in [0, 0.05) is 5.75 Å². The molecule has 90 valence electrons. The Morgan fingerprint density at radius 1 is 1.50 bits per heavy atom. The van der Waals surface area contributed by atoms with Crippen molar-refractivity contribution in [3.05, 3.63) is 0 Å². The molecule has 0 aliphatic rings. The zero-order chi connectivity index (χ0) is 11.8. The molecule has 1 heterocycles. The number of nitrogens with one attached hydrogen (secondary N) is 2. The van der Waals surface area contributed by atoms with Crippen LogP contribution in [0.15, 0.2) is 5.16 Å². The molecule has 0 aliphatic carbocycles. The summed E-state index contributed by atoms with van der Waals surface area (Å²) < 4.78 is 0.750. The normalized spacial score (nSPS) is 10.4. The van der Waals surface area contributed by atoms with Crippen LogP contribution in [-0.2, 0) is 0 Å². The Hall–Kier alpha value is -0.270. The third kappa shape index (κ3) is 5.18. The zero-order valence-electron chi connectivity index (χ0n) is 9.45. The van der Waals surface area contributed by atoms with Crippen molar-refractivity contribution in [1.82, 2.24) is 15.2 Å². The number of aromatic amines is 1. The van der Waals surface area contributed by atoms with Crippen LogP contribution in [0.4, 0.5) is 5.95 Å². The summed E-state index contributed by atoms with van der Waals surface area (Å²) in [5.41, 5.74) is 0. The highest BCUT2D eigenvalue weighted by molar-refractivity contribution is 8.23. The van der Waals surface area contributed by atoms with Crippen LogP contribution in [0.2, 0.25) is 0 Å². The Morgan fingerprint density at radius 3 is 2.94 bits per heavy atom. The summed E-state index contributed by atoms with van der Waals surface area (Å²) in [5, 5.41) is 10.5. The quantitative estimate of drug-likeness (QED) is 0.473. The highest BCUT2D eigenvalue weighted by Gasteiger charge is 2.03. The Morgan fingerprint density at radius 2 is 2.31 bits per heavy atom. The Bertz CT molecular complexity index is 326. The number of hydrogen-bond acceptors (Lipinski definition) is 5. The van der Waals surface area contributed by atoms with Crippen LogP contribution in [0.25, 0.3) is 0 Å². The minimum Gasteiger partial charge on any atom is -0.310 e. The number of aromatic nitrogens is 3. The van der Waals surface area contributed by atoms with Crippen molar-refractivity contribution in [2.45, 2.75) is 31.3 Å².